The third-order valence-corrected chi connectivity index (χ3v) is 7.68. The maximum Gasteiger partial charge on any atom is 0.295 e. The Morgan fingerprint density at radius 2 is 2.05 bits per heavy atom. The zero-order chi connectivity index (χ0) is 28.2. The van der Waals surface area contributed by atoms with Gasteiger partial charge in [0.2, 0.25) is 0 Å². The number of allylic oxidation sites excluding steroid dienone is 3. The highest BCUT2D eigenvalue weighted by Crippen LogP contribution is 2.43. The summed E-state index contributed by atoms with van der Waals surface area (Å²) in [5.74, 6) is 0.381. The standard InChI is InChI=1S/C27H30N8O3S/c1-5-8-20(39(37,38)14-12-28)9-6-7-13-29-25-27(36)35(17(2)3)26-21(33-25)15-30-24(34-26)22-18(4)31-16-32-23(22)19-10-11-19/h5-6,8-9,15-17,19H,1,7,10-11,13-14H2,2-4H3,(H,29,33)/b9-6-,20-8+. The number of nitriles is 1. The van der Waals surface area contributed by atoms with Crippen molar-refractivity contribution < 1.29 is 8.42 Å². The number of aromatic nitrogens is 6. The van der Waals surface area contributed by atoms with E-state index in [2.05, 4.69) is 31.8 Å². The molecule has 0 aromatic carbocycles. The Morgan fingerprint density at radius 3 is 2.72 bits per heavy atom. The summed E-state index contributed by atoms with van der Waals surface area (Å²) in [4.78, 5) is 36.0. The Labute approximate surface area is 227 Å². The lowest BCUT2D eigenvalue weighted by atomic mass is 10.1. The van der Waals surface area contributed by atoms with E-state index in [-0.39, 0.29) is 22.3 Å². The van der Waals surface area contributed by atoms with Gasteiger partial charge in [0.1, 0.15) is 17.6 Å². The Hall–Kier alpha value is -4.24. The molecule has 0 spiro atoms. The average Bonchev–Trinajstić information content (AvgIpc) is 3.73. The second kappa shape index (κ2) is 11.7. The minimum atomic E-state index is -3.72. The molecule has 0 amide bonds. The first-order valence-electron chi connectivity index (χ1n) is 12.6. The van der Waals surface area contributed by atoms with Gasteiger partial charge in [0, 0.05) is 18.5 Å². The van der Waals surface area contributed by atoms with Crippen LogP contribution in [0, 0.1) is 18.3 Å². The van der Waals surface area contributed by atoms with Gasteiger partial charge in [-0.25, -0.2) is 33.3 Å². The van der Waals surface area contributed by atoms with Crippen LogP contribution in [0.15, 0.2) is 53.1 Å². The predicted molar refractivity (Wildman–Crippen MR) is 150 cm³/mol. The van der Waals surface area contributed by atoms with Gasteiger partial charge in [0.05, 0.1) is 34.1 Å². The molecule has 0 bridgehead atoms. The quantitative estimate of drug-likeness (QED) is 0.277. The van der Waals surface area contributed by atoms with Gasteiger partial charge in [-0.1, -0.05) is 18.7 Å². The van der Waals surface area contributed by atoms with Crippen LogP contribution in [-0.4, -0.2) is 50.2 Å². The van der Waals surface area contributed by atoms with Crippen molar-refractivity contribution >= 4 is 26.8 Å². The van der Waals surface area contributed by atoms with Crippen LogP contribution in [0.5, 0.6) is 0 Å². The molecule has 1 fully saturated rings. The van der Waals surface area contributed by atoms with Crippen LogP contribution in [0.4, 0.5) is 5.82 Å². The van der Waals surface area contributed by atoms with E-state index in [4.69, 9.17) is 10.2 Å². The van der Waals surface area contributed by atoms with Crippen molar-refractivity contribution in [3.05, 3.63) is 70.1 Å². The third-order valence-electron chi connectivity index (χ3n) is 6.18. The van der Waals surface area contributed by atoms with E-state index in [1.165, 1.54) is 18.2 Å². The Kier molecular flexibility index (Phi) is 8.30. The first kappa shape index (κ1) is 27.8. The number of aryl methyl sites for hydroxylation is 1. The minimum Gasteiger partial charge on any atom is -0.365 e. The van der Waals surface area contributed by atoms with Crippen molar-refractivity contribution in [1.82, 2.24) is 29.5 Å². The van der Waals surface area contributed by atoms with Crippen LogP contribution in [0.2, 0.25) is 0 Å². The van der Waals surface area contributed by atoms with Crippen molar-refractivity contribution in [2.45, 2.75) is 52.0 Å². The first-order valence-corrected chi connectivity index (χ1v) is 14.3. The van der Waals surface area contributed by atoms with Crippen LogP contribution in [0.3, 0.4) is 0 Å². The van der Waals surface area contributed by atoms with Crippen LogP contribution < -0.4 is 10.9 Å². The summed E-state index contributed by atoms with van der Waals surface area (Å²) in [5.41, 5.74) is 3.10. The van der Waals surface area contributed by atoms with Crippen LogP contribution >= 0.6 is 0 Å². The van der Waals surface area contributed by atoms with E-state index in [0.29, 0.717) is 35.9 Å². The number of hydrogen-bond donors (Lipinski definition) is 1. The van der Waals surface area contributed by atoms with Gasteiger partial charge in [-0.05, 0) is 52.2 Å². The molecule has 4 rings (SSSR count). The lowest BCUT2D eigenvalue weighted by Gasteiger charge is -2.16. The molecule has 202 valence electrons. The van der Waals surface area contributed by atoms with Crippen molar-refractivity contribution in [3.63, 3.8) is 0 Å². The fourth-order valence-electron chi connectivity index (χ4n) is 4.17. The van der Waals surface area contributed by atoms with E-state index < -0.39 is 15.6 Å². The number of fused-ring (bicyclic) bond motifs is 1. The monoisotopic (exact) mass is 546 g/mol. The Bertz CT molecular complexity index is 1680. The van der Waals surface area contributed by atoms with E-state index in [1.54, 1.807) is 29.2 Å². The lowest BCUT2D eigenvalue weighted by Crippen LogP contribution is -2.28. The average molecular weight is 547 g/mol. The SMILES string of the molecule is C=C/C=C(\C=C/CCNc1nc2cnc(-c3c(C)ncnc3C3CC3)nc2n(C(C)C)c1=O)S(=O)(=O)CC#N. The molecule has 3 aromatic heterocycles. The molecule has 0 saturated heterocycles. The predicted octanol–water partition coefficient (Wildman–Crippen LogP) is 3.78. The van der Waals surface area contributed by atoms with E-state index in [9.17, 15) is 13.2 Å². The second-order valence-corrected chi connectivity index (χ2v) is 11.5. The molecule has 3 aromatic rings. The van der Waals surface area contributed by atoms with Gasteiger partial charge in [-0.2, -0.15) is 5.26 Å². The topological polar surface area (TPSA) is 156 Å². The number of nitrogens with one attached hydrogen (secondary N) is 1. The van der Waals surface area contributed by atoms with Gasteiger partial charge < -0.3 is 5.32 Å². The molecule has 0 radical (unpaired) electrons. The number of anilines is 1. The summed E-state index contributed by atoms with van der Waals surface area (Å²) in [6.45, 7) is 9.55. The van der Waals surface area contributed by atoms with Gasteiger partial charge in [-0.15, -0.1) is 0 Å². The molecule has 1 aliphatic carbocycles. The van der Waals surface area contributed by atoms with Gasteiger partial charge in [0.25, 0.3) is 5.56 Å². The number of hydrogen-bond acceptors (Lipinski definition) is 10. The third kappa shape index (κ3) is 6.09. The number of sulfone groups is 1. The highest BCUT2D eigenvalue weighted by atomic mass is 32.2. The highest BCUT2D eigenvalue weighted by molar-refractivity contribution is 7.95. The van der Waals surface area contributed by atoms with Crippen LogP contribution in [-0.2, 0) is 9.84 Å². The Balaban J connectivity index is 1.61. The molecular formula is C27H30N8O3S. The normalized spacial score (nSPS) is 14.2. The van der Waals surface area contributed by atoms with Crippen molar-refractivity contribution in [3.8, 4) is 17.5 Å². The first-order chi connectivity index (χ1) is 18.7. The Morgan fingerprint density at radius 1 is 1.28 bits per heavy atom. The fourth-order valence-corrected chi connectivity index (χ4v) is 5.12. The summed E-state index contributed by atoms with van der Waals surface area (Å²) in [5, 5.41) is 11.8. The summed E-state index contributed by atoms with van der Waals surface area (Å²) in [6.07, 6.45) is 11.5. The summed E-state index contributed by atoms with van der Waals surface area (Å²) in [6, 6.07) is 1.46. The fraction of sp³-hybridized carbons (Fsp3) is 0.370. The zero-order valence-electron chi connectivity index (χ0n) is 22.1. The molecule has 11 nitrogen and oxygen atoms in total. The van der Waals surface area contributed by atoms with E-state index in [0.717, 1.165) is 29.8 Å². The van der Waals surface area contributed by atoms with Crippen LogP contribution in [0.25, 0.3) is 22.6 Å². The van der Waals surface area contributed by atoms with Crippen molar-refractivity contribution in [2.24, 2.45) is 0 Å². The molecule has 12 heteroatoms. The largest absolute Gasteiger partial charge is 0.365 e. The van der Waals surface area contributed by atoms with Gasteiger partial charge in [0.15, 0.2) is 27.1 Å². The van der Waals surface area contributed by atoms with Crippen molar-refractivity contribution in [1.29, 1.82) is 5.26 Å². The molecule has 39 heavy (non-hydrogen) atoms. The molecule has 1 saturated carbocycles. The van der Waals surface area contributed by atoms with Crippen molar-refractivity contribution in [2.75, 3.05) is 17.6 Å². The number of rotatable bonds is 11. The van der Waals surface area contributed by atoms with Crippen LogP contribution in [0.1, 0.15) is 56.5 Å². The van der Waals surface area contributed by atoms with E-state index >= 15 is 0 Å². The summed E-state index contributed by atoms with van der Waals surface area (Å²) >= 11 is 0. The zero-order valence-corrected chi connectivity index (χ0v) is 22.9. The molecule has 3 heterocycles. The molecular weight excluding hydrogens is 516 g/mol. The minimum absolute atomic E-state index is 0.00175. The van der Waals surface area contributed by atoms with Gasteiger partial charge >= 0.3 is 0 Å². The molecule has 0 atom stereocenters. The summed E-state index contributed by atoms with van der Waals surface area (Å²) in [7, 11) is -3.72. The molecule has 1 N–H and O–H groups in total. The maximum atomic E-state index is 13.4. The summed E-state index contributed by atoms with van der Waals surface area (Å²) < 4.78 is 26.0. The van der Waals surface area contributed by atoms with Gasteiger partial charge in [-0.3, -0.25) is 9.36 Å². The highest BCUT2D eigenvalue weighted by Gasteiger charge is 2.30. The molecule has 0 unspecified atom stereocenters. The smallest absolute Gasteiger partial charge is 0.295 e. The second-order valence-electron chi connectivity index (χ2n) is 9.47. The maximum absolute atomic E-state index is 13.4. The molecule has 1 aliphatic rings. The lowest BCUT2D eigenvalue weighted by molar-refractivity contribution is 0.593. The number of nitrogens with zero attached hydrogens (tertiary/aromatic N) is 7. The van der Waals surface area contributed by atoms with E-state index in [1.807, 2.05) is 20.8 Å². The molecule has 0 aliphatic heterocycles.